The fourth-order valence-corrected chi connectivity index (χ4v) is 4.77. The van der Waals surface area contributed by atoms with Gasteiger partial charge in [0.2, 0.25) is 0 Å². The van der Waals surface area contributed by atoms with Crippen LogP contribution in [0.2, 0.25) is 5.02 Å². The third kappa shape index (κ3) is 3.45. The molecule has 3 heterocycles. The van der Waals surface area contributed by atoms with Crippen molar-refractivity contribution in [2.75, 3.05) is 0 Å². The number of halogens is 1. The lowest BCUT2D eigenvalue weighted by Crippen LogP contribution is -2.33. The normalized spacial score (nSPS) is 11.4. The fraction of sp³-hybridized carbons (Fsp3) is 0.0370. The number of rotatable bonds is 3. The van der Waals surface area contributed by atoms with Gasteiger partial charge < -0.3 is 4.98 Å². The molecule has 0 atom stereocenters. The molecule has 0 aliphatic heterocycles. The highest BCUT2D eigenvalue weighted by atomic mass is 35.5. The third-order valence-electron chi connectivity index (χ3n) is 6.10. The van der Waals surface area contributed by atoms with Crippen LogP contribution in [0.3, 0.4) is 0 Å². The van der Waals surface area contributed by atoms with Crippen LogP contribution in [-0.4, -0.2) is 24.3 Å². The Morgan fingerprint density at radius 3 is 2.57 bits per heavy atom. The van der Waals surface area contributed by atoms with Gasteiger partial charge in [0.1, 0.15) is 0 Å². The second kappa shape index (κ2) is 8.07. The molecular weight excluding hydrogens is 462 g/mol. The van der Waals surface area contributed by atoms with Crippen molar-refractivity contribution < 1.29 is 0 Å². The molecule has 35 heavy (non-hydrogen) atoms. The zero-order chi connectivity index (χ0) is 24.1. The second-order valence-electron chi connectivity index (χ2n) is 8.28. The first-order chi connectivity index (χ1) is 17.0. The molecule has 3 aromatic heterocycles. The number of nitrogens with one attached hydrogen (secondary N) is 1. The zero-order valence-electron chi connectivity index (χ0n) is 18.6. The van der Waals surface area contributed by atoms with Gasteiger partial charge >= 0.3 is 5.69 Å². The molecule has 8 heteroatoms. The lowest BCUT2D eigenvalue weighted by Gasteiger charge is -2.13. The molecule has 0 saturated carbocycles. The van der Waals surface area contributed by atoms with E-state index in [0.717, 1.165) is 37.6 Å². The topological polar surface area (TPSA) is 85.6 Å². The first-order valence-electron chi connectivity index (χ1n) is 10.9. The van der Waals surface area contributed by atoms with Gasteiger partial charge in [-0.25, -0.2) is 9.36 Å². The van der Waals surface area contributed by atoms with Gasteiger partial charge in [0.25, 0.3) is 5.56 Å². The van der Waals surface area contributed by atoms with Crippen molar-refractivity contribution in [2.24, 2.45) is 7.05 Å². The Balaban J connectivity index is 1.57. The summed E-state index contributed by atoms with van der Waals surface area (Å²) in [6, 6.07) is 18.5. The van der Waals surface area contributed by atoms with Gasteiger partial charge in [0.15, 0.2) is 0 Å². The summed E-state index contributed by atoms with van der Waals surface area (Å²) in [6.07, 6.45) is 6.92. The van der Waals surface area contributed by atoms with E-state index in [2.05, 4.69) is 15.1 Å². The number of aryl methyl sites for hydroxylation is 1. The van der Waals surface area contributed by atoms with Gasteiger partial charge in [-0.1, -0.05) is 54.1 Å². The average Bonchev–Trinajstić information content (AvgIpc) is 3.30. The highest BCUT2D eigenvalue weighted by Gasteiger charge is 2.16. The number of fused-ring (bicyclic) bond motifs is 2. The molecule has 3 aromatic carbocycles. The van der Waals surface area contributed by atoms with Crippen molar-refractivity contribution in [1.29, 1.82) is 0 Å². The summed E-state index contributed by atoms with van der Waals surface area (Å²) in [7, 11) is 1.85. The maximum Gasteiger partial charge on any atom is 0.333 e. The number of pyridine rings is 1. The van der Waals surface area contributed by atoms with Crippen LogP contribution in [0.15, 0.2) is 95.0 Å². The van der Waals surface area contributed by atoms with E-state index in [1.165, 1.54) is 6.20 Å². The smallest absolute Gasteiger partial charge is 0.306 e. The molecule has 0 aliphatic rings. The van der Waals surface area contributed by atoms with Crippen LogP contribution in [0.25, 0.3) is 49.6 Å². The molecule has 0 bridgehead atoms. The molecule has 6 aromatic rings. The van der Waals surface area contributed by atoms with Gasteiger partial charge in [-0.3, -0.25) is 14.5 Å². The molecule has 7 nitrogen and oxygen atoms in total. The van der Waals surface area contributed by atoms with E-state index < -0.39 is 11.2 Å². The van der Waals surface area contributed by atoms with Crippen molar-refractivity contribution in [3.8, 4) is 27.9 Å². The quantitative estimate of drug-likeness (QED) is 0.389. The molecule has 0 saturated heterocycles. The molecule has 1 N–H and O–H groups in total. The molecule has 170 valence electrons. The van der Waals surface area contributed by atoms with E-state index in [4.69, 9.17) is 11.6 Å². The summed E-state index contributed by atoms with van der Waals surface area (Å²) < 4.78 is 2.86. The molecule has 0 aliphatic carbocycles. The molecule has 0 spiro atoms. The average molecular weight is 480 g/mol. The van der Waals surface area contributed by atoms with Crippen LogP contribution >= 0.6 is 11.6 Å². The summed E-state index contributed by atoms with van der Waals surface area (Å²) in [5.74, 6) is 0. The Morgan fingerprint density at radius 2 is 1.74 bits per heavy atom. The summed E-state index contributed by atoms with van der Waals surface area (Å²) in [6.45, 7) is 0. The Hall–Kier alpha value is -4.49. The molecular formula is C27H18ClN5O2. The maximum absolute atomic E-state index is 13.5. The minimum Gasteiger partial charge on any atom is -0.306 e. The van der Waals surface area contributed by atoms with E-state index in [-0.39, 0.29) is 0 Å². The minimum absolute atomic E-state index is 0.385. The number of nitrogens with zero attached hydrogens (tertiary/aromatic N) is 4. The van der Waals surface area contributed by atoms with Crippen LogP contribution in [0.4, 0.5) is 0 Å². The van der Waals surface area contributed by atoms with Gasteiger partial charge in [0, 0.05) is 46.4 Å². The van der Waals surface area contributed by atoms with Crippen molar-refractivity contribution >= 4 is 33.3 Å². The van der Waals surface area contributed by atoms with Gasteiger partial charge in [0.05, 0.1) is 29.0 Å². The van der Waals surface area contributed by atoms with Gasteiger partial charge in [-0.2, -0.15) is 5.10 Å². The van der Waals surface area contributed by atoms with E-state index >= 15 is 0 Å². The van der Waals surface area contributed by atoms with Crippen LogP contribution in [-0.2, 0) is 7.05 Å². The Kier molecular flexibility index (Phi) is 4.86. The molecule has 0 fully saturated rings. The van der Waals surface area contributed by atoms with Crippen molar-refractivity contribution in [1.82, 2.24) is 24.3 Å². The second-order valence-corrected chi connectivity index (χ2v) is 8.68. The largest absolute Gasteiger partial charge is 0.333 e. The fourth-order valence-electron chi connectivity index (χ4n) is 4.49. The van der Waals surface area contributed by atoms with E-state index in [1.807, 2.05) is 61.8 Å². The van der Waals surface area contributed by atoms with Crippen molar-refractivity contribution in [2.45, 2.75) is 0 Å². The Labute approximate surface area is 203 Å². The number of hydrogen-bond donors (Lipinski definition) is 1. The van der Waals surface area contributed by atoms with E-state index in [1.54, 1.807) is 29.2 Å². The van der Waals surface area contributed by atoms with Crippen LogP contribution in [0, 0.1) is 0 Å². The summed E-state index contributed by atoms with van der Waals surface area (Å²) >= 11 is 6.62. The summed E-state index contributed by atoms with van der Waals surface area (Å²) in [5.41, 5.74) is 3.31. The SMILES string of the molecule is Cn1cc(-c2cccc(Cl)c2-c2ccc3c(=O)n(-c4cncc5ccccc45)c(=O)[nH]c3c2)cn1. The molecule has 0 unspecified atom stereocenters. The highest BCUT2D eigenvalue weighted by Crippen LogP contribution is 2.38. The minimum atomic E-state index is -0.538. The number of aromatic nitrogens is 5. The zero-order valence-corrected chi connectivity index (χ0v) is 19.3. The van der Waals surface area contributed by atoms with Gasteiger partial charge in [-0.05, 0) is 29.3 Å². The first-order valence-corrected chi connectivity index (χ1v) is 11.3. The first kappa shape index (κ1) is 21.1. The lowest BCUT2D eigenvalue weighted by molar-refractivity contribution is 0.768. The summed E-state index contributed by atoms with van der Waals surface area (Å²) in [4.78, 5) is 33.7. The lowest BCUT2D eigenvalue weighted by atomic mass is 9.95. The van der Waals surface area contributed by atoms with E-state index in [0.29, 0.717) is 21.6 Å². The number of benzene rings is 3. The highest BCUT2D eigenvalue weighted by molar-refractivity contribution is 6.34. The van der Waals surface area contributed by atoms with E-state index in [9.17, 15) is 9.59 Å². The van der Waals surface area contributed by atoms with Gasteiger partial charge in [-0.15, -0.1) is 0 Å². The third-order valence-corrected chi connectivity index (χ3v) is 6.42. The Morgan fingerprint density at radius 1 is 0.886 bits per heavy atom. The van der Waals surface area contributed by atoms with Crippen molar-refractivity contribution in [3.05, 3.63) is 111 Å². The van der Waals surface area contributed by atoms with Crippen LogP contribution in [0.1, 0.15) is 0 Å². The molecule has 6 rings (SSSR count). The maximum atomic E-state index is 13.5. The monoisotopic (exact) mass is 479 g/mol. The Bertz CT molecular complexity index is 1880. The standard InChI is InChI=1S/C27H18ClN5O2/c1-32-15-18(13-30-32)20-7-4-8-22(28)25(20)16-9-10-21-23(11-16)31-27(35)33(26(21)34)24-14-29-12-17-5-2-3-6-19(17)24/h2-15H,1H3,(H,31,35). The van der Waals surface area contributed by atoms with Crippen molar-refractivity contribution in [3.63, 3.8) is 0 Å². The number of H-pyrrole nitrogens is 1. The molecule has 0 amide bonds. The predicted molar refractivity (Wildman–Crippen MR) is 138 cm³/mol. The van der Waals surface area contributed by atoms with Crippen LogP contribution in [0.5, 0.6) is 0 Å². The predicted octanol–water partition coefficient (Wildman–Crippen LogP) is 4.95. The summed E-state index contributed by atoms with van der Waals surface area (Å²) in [5, 5.41) is 6.82. The van der Waals surface area contributed by atoms with Crippen LogP contribution < -0.4 is 11.2 Å². The number of hydrogen-bond acceptors (Lipinski definition) is 4. The number of aromatic amines is 1. The molecule has 0 radical (unpaired) electrons.